The lowest BCUT2D eigenvalue weighted by Gasteiger charge is -2.02. The molecule has 0 rings (SSSR count). The van der Waals surface area contributed by atoms with E-state index in [1.807, 2.05) is 0 Å². The monoisotopic (exact) mass is 213 g/mol. The Morgan fingerprint density at radius 1 is 0.867 bits per heavy atom. The van der Waals surface area contributed by atoms with Crippen LogP contribution in [0, 0.1) is 0 Å². The summed E-state index contributed by atoms with van der Waals surface area (Å²) in [5.74, 6) is -0.941. The molecule has 3 nitrogen and oxygen atoms in total. The number of carboxylic acid groups (broad SMARTS) is 1. The molecule has 0 spiro atoms. The fourth-order valence-electron chi connectivity index (χ4n) is 1.56. The zero-order chi connectivity index (χ0) is 11.4. The van der Waals surface area contributed by atoms with Crippen molar-refractivity contribution in [2.45, 2.75) is 64.2 Å². The molecule has 0 aromatic carbocycles. The van der Waals surface area contributed by atoms with E-state index in [1.165, 1.54) is 19.3 Å². The summed E-state index contributed by atoms with van der Waals surface area (Å²) in [5, 5.41) is 10.1. The third kappa shape index (κ3) is 13.1. The number of carbonyl (C=O) groups is 2. The summed E-state index contributed by atoms with van der Waals surface area (Å²) in [6.45, 7) is 0. The number of carboxylic acids is 1. The van der Waals surface area contributed by atoms with Crippen LogP contribution in [-0.4, -0.2) is 12.3 Å². The molecule has 0 aromatic heterocycles. The van der Waals surface area contributed by atoms with Crippen LogP contribution in [0.1, 0.15) is 64.2 Å². The molecule has 0 radical (unpaired) electrons. The molecular weight excluding hydrogens is 192 g/mol. The van der Waals surface area contributed by atoms with E-state index in [1.54, 1.807) is 0 Å². The van der Waals surface area contributed by atoms with E-state index in [0.717, 1.165) is 38.4 Å². The Morgan fingerprint density at radius 3 is 1.80 bits per heavy atom. The van der Waals surface area contributed by atoms with E-state index >= 15 is 0 Å². The molecule has 15 heavy (non-hydrogen) atoms. The fraction of sp³-hybridized carbons (Fsp3) is 0.833. The Kier molecular flexibility index (Phi) is 10.6. The van der Waals surface area contributed by atoms with E-state index < -0.39 is 5.97 Å². The first kappa shape index (κ1) is 14.1. The minimum absolute atomic E-state index is 0.194. The zero-order valence-electron chi connectivity index (χ0n) is 9.37. The van der Waals surface area contributed by atoms with Crippen molar-refractivity contribution in [2.75, 3.05) is 0 Å². The van der Waals surface area contributed by atoms with Crippen molar-refractivity contribution in [3.63, 3.8) is 0 Å². The zero-order valence-corrected chi connectivity index (χ0v) is 9.37. The van der Waals surface area contributed by atoms with Crippen LogP contribution in [0.25, 0.3) is 0 Å². The topological polar surface area (TPSA) is 57.2 Å². The van der Waals surface area contributed by atoms with Gasteiger partial charge in [0.1, 0.15) is 6.29 Å². The minimum Gasteiger partial charge on any atom is -0.550 e. The van der Waals surface area contributed by atoms with Crippen LogP contribution >= 0.6 is 0 Å². The highest BCUT2D eigenvalue weighted by molar-refractivity contribution is 5.63. The molecule has 0 aliphatic rings. The lowest BCUT2D eigenvalue weighted by molar-refractivity contribution is -0.305. The number of aliphatic carboxylic acids is 1. The molecule has 0 fully saturated rings. The normalized spacial score (nSPS) is 10.1. The molecule has 88 valence electrons. The Bertz CT molecular complexity index is 166. The van der Waals surface area contributed by atoms with Gasteiger partial charge in [-0.05, 0) is 19.3 Å². The van der Waals surface area contributed by atoms with Crippen molar-refractivity contribution in [3.8, 4) is 0 Å². The van der Waals surface area contributed by atoms with E-state index in [-0.39, 0.29) is 6.42 Å². The molecule has 3 heteroatoms. The van der Waals surface area contributed by atoms with Gasteiger partial charge in [-0.25, -0.2) is 0 Å². The first-order valence-corrected chi connectivity index (χ1v) is 5.91. The van der Waals surface area contributed by atoms with Crippen molar-refractivity contribution < 1.29 is 14.7 Å². The van der Waals surface area contributed by atoms with Crippen molar-refractivity contribution in [2.24, 2.45) is 0 Å². The highest BCUT2D eigenvalue weighted by Gasteiger charge is 1.92. The molecule has 0 unspecified atom stereocenters. The van der Waals surface area contributed by atoms with Crippen LogP contribution < -0.4 is 5.11 Å². The molecule has 0 aliphatic carbocycles. The van der Waals surface area contributed by atoms with Crippen LogP contribution in [-0.2, 0) is 9.59 Å². The highest BCUT2D eigenvalue weighted by atomic mass is 16.4. The van der Waals surface area contributed by atoms with Crippen LogP contribution in [0.2, 0.25) is 0 Å². The number of unbranched alkanes of at least 4 members (excludes halogenated alkanes) is 8. The van der Waals surface area contributed by atoms with Crippen molar-refractivity contribution in [1.29, 1.82) is 0 Å². The van der Waals surface area contributed by atoms with Crippen molar-refractivity contribution in [1.82, 2.24) is 0 Å². The SMILES string of the molecule is O=CCCCCCCCCCCC(=O)[O-]. The largest absolute Gasteiger partial charge is 0.550 e. The average molecular weight is 213 g/mol. The molecule has 0 N–H and O–H groups in total. The second kappa shape index (κ2) is 11.2. The van der Waals surface area contributed by atoms with Crippen LogP contribution in [0.15, 0.2) is 0 Å². The summed E-state index contributed by atoms with van der Waals surface area (Å²) >= 11 is 0. The van der Waals surface area contributed by atoms with E-state index in [9.17, 15) is 14.7 Å². The predicted molar refractivity (Wildman–Crippen MR) is 57.2 cm³/mol. The average Bonchev–Trinajstić information content (AvgIpc) is 2.20. The summed E-state index contributed by atoms with van der Waals surface area (Å²) < 4.78 is 0. The van der Waals surface area contributed by atoms with Gasteiger partial charge in [0.25, 0.3) is 0 Å². The van der Waals surface area contributed by atoms with E-state index in [2.05, 4.69) is 0 Å². The number of hydrogen-bond acceptors (Lipinski definition) is 3. The standard InChI is InChI=1S/C12H22O3/c13-11-9-7-5-3-1-2-4-6-8-10-12(14)15/h11H,1-10H2,(H,14,15)/p-1. The highest BCUT2D eigenvalue weighted by Crippen LogP contribution is 2.09. The van der Waals surface area contributed by atoms with Crippen molar-refractivity contribution in [3.05, 3.63) is 0 Å². The third-order valence-corrected chi connectivity index (χ3v) is 2.45. The molecule has 0 amide bonds. The quantitative estimate of drug-likeness (QED) is 0.388. The Hall–Kier alpha value is -0.860. The molecule has 0 saturated heterocycles. The Labute approximate surface area is 91.9 Å². The fourth-order valence-corrected chi connectivity index (χ4v) is 1.56. The van der Waals surface area contributed by atoms with Crippen LogP contribution in [0.5, 0.6) is 0 Å². The summed E-state index contributed by atoms with van der Waals surface area (Å²) in [6, 6.07) is 0. The second-order valence-electron chi connectivity index (χ2n) is 3.91. The Balaban J connectivity index is 2.92. The van der Waals surface area contributed by atoms with Crippen LogP contribution in [0.3, 0.4) is 0 Å². The smallest absolute Gasteiger partial charge is 0.119 e. The van der Waals surface area contributed by atoms with Gasteiger partial charge in [-0.15, -0.1) is 0 Å². The molecular formula is C12H21O3-. The molecule has 0 aromatic rings. The molecule has 0 heterocycles. The molecule has 0 saturated carbocycles. The van der Waals surface area contributed by atoms with Gasteiger partial charge in [-0.2, -0.15) is 0 Å². The third-order valence-electron chi connectivity index (χ3n) is 2.45. The summed E-state index contributed by atoms with van der Waals surface area (Å²) in [4.78, 5) is 20.1. The first-order valence-electron chi connectivity index (χ1n) is 5.91. The van der Waals surface area contributed by atoms with Gasteiger partial charge in [-0.3, -0.25) is 0 Å². The molecule has 0 bridgehead atoms. The van der Waals surface area contributed by atoms with E-state index in [0.29, 0.717) is 6.42 Å². The maximum Gasteiger partial charge on any atom is 0.119 e. The van der Waals surface area contributed by atoms with Gasteiger partial charge in [0.05, 0.1) is 0 Å². The van der Waals surface area contributed by atoms with Crippen molar-refractivity contribution >= 4 is 12.3 Å². The Morgan fingerprint density at radius 2 is 1.33 bits per heavy atom. The van der Waals surface area contributed by atoms with Gasteiger partial charge >= 0.3 is 0 Å². The van der Waals surface area contributed by atoms with Gasteiger partial charge in [0.15, 0.2) is 0 Å². The van der Waals surface area contributed by atoms with Crippen LogP contribution in [0.4, 0.5) is 0 Å². The first-order chi connectivity index (χ1) is 7.27. The van der Waals surface area contributed by atoms with Gasteiger partial charge in [0, 0.05) is 12.4 Å². The maximum atomic E-state index is 10.1. The van der Waals surface area contributed by atoms with Gasteiger partial charge in [0.2, 0.25) is 0 Å². The second-order valence-corrected chi connectivity index (χ2v) is 3.91. The summed E-state index contributed by atoms with van der Waals surface area (Å²) in [6.07, 6.45) is 10.4. The maximum absolute atomic E-state index is 10.1. The summed E-state index contributed by atoms with van der Waals surface area (Å²) in [7, 11) is 0. The number of aldehydes is 1. The molecule has 0 aliphatic heterocycles. The lowest BCUT2D eigenvalue weighted by atomic mass is 10.1. The lowest BCUT2D eigenvalue weighted by Crippen LogP contribution is -2.21. The minimum atomic E-state index is -0.941. The number of rotatable bonds is 11. The number of carbonyl (C=O) groups excluding carboxylic acids is 2. The van der Waals surface area contributed by atoms with Gasteiger partial charge in [-0.1, -0.05) is 38.5 Å². The van der Waals surface area contributed by atoms with E-state index in [4.69, 9.17) is 0 Å². The number of hydrogen-bond donors (Lipinski definition) is 0. The van der Waals surface area contributed by atoms with Gasteiger partial charge < -0.3 is 14.7 Å². The molecule has 0 atom stereocenters. The summed E-state index contributed by atoms with van der Waals surface area (Å²) in [5.41, 5.74) is 0. The predicted octanol–water partition coefficient (Wildman–Crippen LogP) is 1.84.